The maximum atomic E-state index is 13.5. The number of carboxylic acid groups (broad SMARTS) is 1. The Kier molecular flexibility index (Phi) is 8.93. The normalized spacial score (nSPS) is 15.4. The average molecular weight is 553 g/mol. The van der Waals surface area contributed by atoms with Crippen LogP contribution in [0.5, 0.6) is 0 Å². The van der Waals surface area contributed by atoms with Crippen LogP contribution in [0.2, 0.25) is 0 Å². The van der Waals surface area contributed by atoms with Crippen LogP contribution in [0.4, 0.5) is 5.82 Å². The largest absolute Gasteiger partial charge is 0.481 e. The van der Waals surface area contributed by atoms with Gasteiger partial charge in [-0.15, -0.1) is 0 Å². The summed E-state index contributed by atoms with van der Waals surface area (Å²) >= 11 is 6.53. The molecule has 198 valence electrons. The van der Waals surface area contributed by atoms with Gasteiger partial charge in [0.1, 0.15) is 15.8 Å². The van der Waals surface area contributed by atoms with Crippen LogP contribution >= 0.6 is 24.0 Å². The van der Waals surface area contributed by atoms with Crippen molar-refractivity contribution >= 4 is 57.7 Å². The highest BCUT2D eigenvalue weighted by molar-refractivity contribution is 8.26. The molecule has 3 heterocycles. The summed E-state index contributed by atoms with van der Waals surface area (Å²) in [6.45, 7) is 2.34. The molecule has 1 amide bonds. The predicted octanol–water partition coefficient (Wildman–Crippen LogP) is 3.99. The standard InChI is InChI=1S/C27H28N4O5S2/c1-17-9-8-14-30-24(17)29-23(28-16-20(32)18-10-4-2-5-11-18)19(25(30)35)15-21-26(36)31(27(37)38-21)13-7-3-6-12-22(33)34/h2,4-5,8-11,14-15,20,28,32H,3,6-7,12-13,16H2,1H3,(H,33,34)/b21-15-. The summed E-state index contributed by atoms with van der Waals surface area (Å²) in [7, 11) is 0. The van der Waals surface area contributed by atoms with Crippen molar-refractivity contribution in [3.8, 4) is 0 Å². The Balaban J connectivity index is 1.61. The number of aryl methyl sites for hydroxylation is 1. The topological polar surface area (TPSA) is 124 Å². The number of aliphatic hydroxyl groups excluding tert-OH is 1. The number of hydrogen-bond donors (Lipinski definition) is 3. The molecule has 1 aromatic carbocycles. The number of nitrogens with one attached hydrogen (secondary N) is 1. The third-order valence-corrected chi connectivity index (χ3v) is 7.53. The molecule has 1 aliphatic rings. The van der Waals surface area contributed by atoms with Crippen molar-refractivity contribution in [2.75, 3.05) is 18.4 Å². The highest BCUT2D eigenvalue weighted by atomic mass is 32.2. The van der Waals surface area contributed by atoms with Crippen molar-refractivity contribution < 1.29 is 19.8 Å². The second-order valence-electron chi connectivity index (χ2n) is 8.91. The molecule has 0 saturated carbocycles. The molecule has 1 aliphatic heterocycles. The Bertz CT molecular complexity index is 1460. The van der Waals surface area contributed by atoms with Gasteiger partial charge in [-0.3, -0.25) is 23.7 Å². The van der Waals surface area contributed by atoms with E-state index in [1.165, 1.54) is 15.4 Å². The molecule has 0 aliphatic carbocycles. The molecule has 9 nitrogen and oxygen atoms in total. The minimum absolute atomic E-state index is 0.0887. The number of unbranched alkanes of at least 4 members (excludes halogenated alkanes) is 2. The fourth-order valence-corrected chi connectivity index (χ4v) is 5.40. The Morgan fingerprint density at radius 2 is 1.92 bits per heavy atom. The number of carbonyl (C=O) groups excluding carboxylic acids is 1. The second-order valence-corrected chi connectivity index (χ2v) is 10.6. The first kappa shape index (κ1) is 27.5. The van der Waals surface area contributed by atoms with Crippen LogP contribution in [0.25, 0.3) is 11.7 Å². The smallest absolute Gasteiger partial charge is 0.303 e. The number of carboxylic acids is 1. The van der Waals surface area contributed by atoms with Gasteiger partial charge in [-0.25, -0.2) is 4.98 Å². The number of thioether (sulfide) groups is 1. The van der Waals surface area contributed by atoms with Crippen LogP contribution in [0.3, 0.4) is 0 Å². The van der Waals surface area contributed by atoms with Crippen LogP contribution in [0.1, 0.15) is 48.5 Å². The maximum Gasteiger partial charge on any atom is 0.303 e. The molecule has 1 fully saturated rings. The van der Waals surface area contributed by atoms with E-state index in [2.05, 4.69) is 10.3 Å². The van der Waals surface area contributed by atoms with E-state index in [1.807, 2.05) is 43.3 Å². The fraction of sp³-hybridized carbons (Fsp3) is 0.296. The first-order valence-corrected chi connectivity index (χ1v) is 13.4. The van der Waals surface area contributed by atoms with Crippen LogP contribution < -0.4 is 10.9 Å². The lowest BCUT2D eigenvalue weighted by atomic mass is 10.1. The lowest BCUT2D eigenvalue weighted by molar-refractivity contribution is -0.137. The monoisotopic (exact) mass is 552 g/mol. The van der Waals surface area contributed by atoms with Gasteiger partial charge in [-0.05, 0) is 43.0 Å². The molecule has 0 bridgehead atoms. The van der Waals surface area contributed by atoms with Gasteiger partial charge in [-0.2, -0.15) is 0 Å². The summed E-state index contributed by atoms with van der Waals surface area (Å²) in [5, 5.41) is 22.5. The molecule has 1 atom stereocenters. The van der Waals surface area contributed by atoms with Gasteiger partial charge in [0.2, 0.25) is 0 Å². The number of benzene rings is 1. The molecule has 0 spiro atoms. The Labute approximate surface area is 229 Å². The van der Waals surface area contributed by atoms with E-state index < -0.39 is 12.1 Å². The number of anilines is 1. The summed E-state index contributed by atoms with van der Waals surface area (Å²) in [6, 6.07) is 12.8. The highest BCUT2D eigenvalue weighted by Crippen LogP contribution is 2.33. The Hall–Kier alpha value is -3.54. The zero-order valence-electron chi connectivity index (χ0n) is 20.8. The van der Waals surface area contributed by atoms with Crippen LogP contribution in [0, 0.1) is 6.92 Å². The Morgan fingerprint density at radius 1 is 1.16 bits per heavy atom. The molecule has 1 saturated heterocycles. The van der Waals surface area contributed by atoms with Gasteiger partial charge in [0, 0.05) is 25.7 Å². The molecule has 0 radical (unpaired) electrons. The summed E-state index contributed by atoms with van der Waals surface area (Å²) in [6.07, 6.45) is 4.20. The van der Waals surface area contributed by atoms with Gasteiger partial charge in [0.05, 0.1) is 16.6 Å². The molecular weight excluding hydrogens is 524 g/mol. The number of rotatable bonds is 11. The molecule has 2 aromatic heterocycles. The van der Waals surface area contributed by atoms with Crippen molar-refractivity contribution in [1.82, 2.24) is 14.3 Å². The van der Waals surface area contributed by atoms with E-state index in [4.69, 9.17) is 17.3 Å². The number of fused-ring (bicyclic) bond motifs is 1. The maximum absolute atomic E-state index is 13.5. The third kappa shape index (κ3) is 6.29. The number of aliphatic carboxylic acids is 1. The fourth-order valence-electron chi connectivity index (χ4n) is 4.11. The molecule has 4 rings (SSSR count). The molecule has 3 aromatic rings. The summed E-state index contributed by atoms with van der Waals surface area (Å²) < 4.78 is 1.82. The SMILES string of the molecule is Cc1cccn2c(=O)c(/C=C3\SC(=S)N(CCCCCC(=O)O)C3=O)c(NCC(O)c3ccccc3)nc12. The third-order valence-electron chi connectivity index (χ3n) is 6.15. The van der Waals surface area contributed by atoms with E-state index in [-0.39, 0.29) is 35.8 Å². The molecule has 1 unspecified atom stereocenters. The average Bonchev–Trinajstić information content (AvgIpc) is 3.17. The van der Waals surface area contributed by atoms with E-state index in [1.54, 1.807) is 12.3 Å². The van der Waals surface area contributed by atoms with Gasteiger partial charge in [0.15, 0.2) is 0 Å². The van der Waals surface area contributed by atoms with E-state index >= 15 is 0 Å². The molecule has 3 N–H and O–H groups in total. The van der Waals surface area contributed by atoms with Gasteiger partial charge < -0.3 is 15.5 Å². The number of hydrogen-bond acceptors (Lipinski definition) is 8. The van der Waals surface area contributed by atoms with Gasteiger partial charge in [0.25, 0.3) is 11.5 Å². The quantitative estimate of drug-likeness (QED) is 0.184. The summed E-state index contributed by atoms with van der Waals surface area (Å²) in [5.41, 5.74) is 1.83. The zero-order chi connectivity index (χ0) is 27.2. The van der Waals surface area contributed by atoms with Crippen molar-refractivity contribution in [2.24, 2.45) is 0 Å². The number of nitrogens with zero attached hydrogens (tertiary/aromatic N) is 3. The number of amides is 1. The molecule has 38 heavy (non-hydrogen) atoms. The van der Waals surface area contributed by atoms with Crippen molar-refractivity contribution in [3.63, 3.8) is 0 Å². The first-order chi connectivity index (χ1) is 18.3. The highest BCUT2D eigenvalue weighted by Gasteiger charge is 2.32. The minimum Gasteiger partial charge on any atom is -0.481 e. The van der Waals surface area contributed by atoms with Gasteiger partial charge >= 0.3 is 5.97 Å². The summed E-state index contributed by atoms with van der Waals surface area (Å²) in [4.78, 5) is 43.8. The Morgan fingerprint density at radius 3 is 2.66 bits per heavy atom. The molecule has 11 heteroatoms. The lowest BCUT2D eigenvalue weighted by Crippen LogP contribution is -2.29. The van der Waals surface area contributed by atoms with E-state index in [9.17, 15) is 19.5 Å². The van der Waals surface area contributed by atoms with Crippen LogP contribution in [-0.2, 0) is 9.59 Å². The minimum atomic E-state index is -0.843. The van der Waals surface area contributed by atoms with Crippen molar-refractivity contribution in [3.05, 3.63) is 80.6 Å². The lowest BCUT2D eigenvalue weighted by Gasteiger charge is -2.16. The van der Waals surface area contributed by atoms with Gasteiger partial charge in [-0.1, -0.05) is 66.8 Å². The van der Waals surface area contributed by atoms with Crippen LogP contribution in [0.15, 0.2) is 58.4 Å². The van der Waals surface area contributed by atoms with Crippen molar-refractivity contribution in [2.45, 2.75) is 38.7 Å². The number of pyridine rings is 1. The number of aliphatic hydroxyl groups is 1. The first-order valence-electron chi connectivity index (χ1n) is 12.2. The number of aromatic nitrogens is 2. The van der Waals surface area contributed by atoms with E-state index in [0.29, 0.717) is 40.7 Å². The molecular formula is C27H28N4O5S2. The number of thiocarbonyl (C=S) groups is 1. The van der Waals surface area contributed by atoms with Crippen LogP contribution in [-0.4, -0.2) is 53.8 Å². The number of carbonyl (C=O) groups is 2. The second kappa shape index (κ2) is 12.3. The van der Waals surface area contributed by atoms with Crippen molar-refractivity contribution in [1.29, 1.82) is 0 Å². The predicted molar refractivity (Wildman–Crippen MR) is 152 cm³/mol. The van der Waals surface area contributed by atoms with E-state index in [0.717, 1.165) is 22.9 Å². The summed E-state index contributed by atoms with van der Waals surface area (Å²) in [5.74, 6) is -0.884. The zero-order valence-corrected chi connectivity index (χ0v) is 22.4.